The first-order chi connectivity index (χ1) is 16.5. The van der Waals surface area contributed by atoms with E-state index in [4.69, 9.17) is 14.0 Å². The van der Waals surface area contributed by atoms with E-state index in [1.165, 1.54) is 11.6 Å². The van der Waals surface area contributed by atoms with E-state index in [0.717, 1.165) is 5.56 Å². The number of amides is 1. The van der Waals surface area contributed by atoms with Gasteiger partial charge in [0.2, 0.25) is 0 Å². The van der Waals surface area contributed by atoms with Crippen LogP contribution in [0.4, 0.5) is 4.79 Å². The van der Waals surface area contributed by atoms with Gasteiger partial charge in [-0.3, -0.25) is 14.3 Å². The number of nitrogens with one attached hydrogen (secondary N) is 3. The SMILES string of the molecule is Cn1c(=O)[nH]c(=O)c2[nH]c(C=C(CNC(=O)OCc3ccccc3)B3OC(C)(C)C(C)(C)O3)nc21. The molecule has 1 amide bonds. The van der Waals surface area contributed by atoms with Gasteiger partial charge >= 0.3 is 18.9 Å². The summed E-state index contributed by atoms with van der Waals surface area (Å²) in [5.41, 5.74) is -0.605. The van der Waals surface area contributed by atoms with Crippen LogP contribution < -0.4 is 16.6 Å². The van der Waals surface area contributed by atoms with Crippen molar-refractivity contribution in [3.8, 4) is 0 Å². The molecular formula is C23H28BN5O6. The summed E-state index contributed by atoms with van der Waals surface area (Å²) in [5, 5.41) is 2.72. The maximum absolute atomic E-state index is 12.4. The van der Waals surface area contributed by atoms with Crippen LogP contribution in [0.3, 0.4) is 0 Å². The number of hydrogen-bond donors (Lipinski definition) is 3. The fourth-order valence-corrected chi connectivity index (χ4v) is 3.51. The number of hydrogen-bond acceptors (Lipinski definition) is 7. The number of carbonyl (C=O) groups excluding carboxylic acids is 1. The number of alkyl carbamates (subject to hydrolysis) is 1. The third-order valence-corrected chi connectivity index (χ3v) is 6.30. The van der Waals surface area contributed by atoms with Crippen molar-refractivity contribution in [2.45, 2.75) is 45.5 Å². The zero-order valence-electron chi connectivity index (χ0n) is 20.3. The normalized spacial score (nSPS) is 17.1. The lowest BCUT2D eigenvalue weighted by Crippen LogP contribution is -2.41. The number of fused-ring (bicyclic) bond motifs is 1. The molecule has 3 aromatic rings. The summed E-state index contributed by atoms with van der Waals surface area (Å²) >= 11 is 0. The van der Waals surface area contributed by atoms with Crippen LogP contribution in [-0.2, 0) is 27.7 Å². The van der Waals surface area contributed by atoms with E-state index in [-0.39, 0.29) is 24.3 Å². The van der Waals surface area contributed by atoms with Crippen molar-refractivity contribution in [2.75, 3.05) is 6.54 Å². The summed E-state index contributed by atoms with van der Waals surface area (Å²) in [4.78, 5) is 46.0. The molecule has 1 aliphatic heterocycles. The highest BCUT2D eigenvalue weighted by Gasteiger charge is 2.52. The van der Waals surface area contributed by atoms with Crippen molar-refractivity contribution in [1.29, 1.82) is 0 Å². The molecule has 3 N–H and O–H groups in total. The highest BCUT2D eigenvalue weighted by atomic mass is 16.7. The van der Waals surface area contributed by atoms with Crippen molar-refractivity contribution in [2.24, 2.45) is 7.05 Å². The molecule has 0 unspecified atom stereocenters. The van der Waals surface area contributed by atoms with Crippen LogP contribution in [0.2, 0.25) is 0 Å². The zero-order chi connectivity index (χ0) is 25.4. The minimum Gasteiger partial charge on any atom is -0.445 e. The third-order valence-electron chi connectivity index (χ3n) is 6.30. The molecule has 0 atom stereocenters. The molecule has 1 fully saturated rings. The number of nitrogens with zero attached hydrogens (tertiary/aromatic N) is 2. The molecule has 1 aromatic carbocycles. The Balaban J connectivity index is 1.59. The van der Waals surface area contributed by atoms with Crippen molar-refractivity contribution in [3.05, 3.63) is 68.0 Å². The monoisotopic (exact) mass is 481 g/mol. The van der Waals surface area contributed by atoms with Gasteiger partial charge in [0.05, 0.1) is 11.2 Å². The van der Waals surface area contributed by atoms with Gasteiger partial charge in [0, 0.05) is 13.6 Å². The van der Waals surface area contributed by atoms with E-state index in [0.29, 0.717) is 11.3 Å². The van der Waals surface area contributed by atoms with Crippen LogP contribution in [-0.4, -0.2) is 50.5 Å². The van der Waals surface area contributed by atoms with Gasteiger partial charge in [-0.25, -0.2) is 14.6 Å². The first-order valence-electron chi connectivity index (χ1n) is 11.2. The molecule has 0 aliphatic carbocycles. The van der Waals surface area contributed by atoms with Crippen LogP contribution in [0.1, 0.15) is 39.1 Å². The predicted octanol–water partition coefficient (Wildman–Crippen LogP) is 1.89. The van der Waals surface area contributed by atoms with Crippen LogP contribution in [0.15, 0.2) is 45.4 Å². The Morgan fingerprint density at radius 3 is 2.46 bits per heavy atom. The Morgan fingerprint density at radius 1 is 1.14 bits per heavy atom. The molecule has 1 saturated heterocycles. The summed E-state index contributed by atoms with van der Waals surface area (Å²) < 4.78 is 18.8. The second kappa shape index (κ2) is 9.19. The fraction of sp³-hybridized carbons (Fsp3) is 0.391. The van der Waals surface area contributed by atoms with Gasteiger partial charge in [-0.15, -0.1) is 0 Å². The van der Waals surface area contributed by atoms with Crippen LogP contribution >= 0.6 is 0 Å². The van der Waals surface area contributed by atoms with Gasteiger partial charge in [0.15, 0.2) is 5.65 Å². The molecule has 2 aromatic heterocycles. The van der Waals surface area contributed by atoms with E-state index in [1.54, 1.807) is 6.08 Å². The van der Waals surface area contributed by atoms with E-state index in [2.05, 4.69) is 20.3 Å². The number of aromatic amines is 2. The first-order valence-corrected chi connectivity index (χ1v) is 11.2. The second-order valence-electron chi connectivity index (χ2n) is 9.36. The molecule has 11 nitrogen and oxygen atoms in total. The lowest BCUT2D eigenvalue weighted by molar-refractivity contribution is 0.00578. The Hall–Kier alpha value is -3.64. The van der Waals surface area contributed by atoms with E-state index >= 15 is 0 Å². The number of aryl methyl sites for hydroxylation is 1. The molecule has 184 valence electrons. The summed E-state index contributed by atoms with van der Waals surface area (Å²) in [6, 6.07) is 9.34. The number of ether oxygens (including phenoxy) is 1. The van der Waals surface area contributed by atoms with E-state index in [9.17, 15) is 14.4 Å². The van der Waals surface area contributed by atoms with Gasteiger partial charge < -0.3 is 24.3 Å². The molecule has 1 aliphatic rings. The van der Waals surface area contributed by atoms with Crippen LogP contribution in [0.5, 0.6) is 0 Å². The number of H-pyrrole nitrogens is 2. The predicted molar refractivity (Wildman–Crippen MR) is 131 cm³/mol. The number of benzene rings is 1. The molecule has 35 heavy (non-hydrogen) atoms. The van der Waals surface area contributed by atoms with Gasteiger partial charge in [0.1, 0.15) is 17.9 Å². The zero-order valence-corrected chi connectivity index (χ0v) is 20.3. The molecule has 0 radical (unpaired) electrons. The number of rotatable bonds is 6. The summed E-state index contributed by atoms with van der Waals surface area (Å²) in [5.74, 6) is 0.302. The highest BCUT2D eigenvalue weighted by Crippen LogP contribution is 2.38. The van der Waals surface area contributed by atoms with Gasteiger partial charge in [0.25, 0.3) is 5.56 Å². The number of aromatic nitrogens is 4. The lowest BCUT2D eigenvalue weighted by atomic mass is 9.77. The second-order valence-corrected chi connectivity index (χ2v) is 9.36. The maximum atomic E-state index is 12.4. The largest absolute Gasteiger partial charge is 0.492 e. The summed E-state index contributed by atoms with van der Waals surface area (Å²) in [7, 11) is 0.721. The Labute approximate surface area is 201 Å². The Kier molecular flexibility index (Phi) is 6.43. The quantitative estimate of drug-likeness (QED) is 0.457. The fourth-order valence-electron chi connectivity index (χ4n) is 3.51. The topological polar surface area (TPSA) is 140 Å². The van der Waals surface area contributed by atoms with Crippen molar-refractivity contribution in [1.82, 2.24) is 24.8 Å². The molecule has 0 spiro atoms. The van der Waals surface area contributed by atoms with Crippen LogP contribution in [0, 0.1) is 0 Å². The lowest BCUT2D eigenvalue weighted by Gasteiger charge is -2.32. The third kappa shape index (κ3) is 5.08. The van der Waals surface area contributed by atoms with Crippen molar-refractivity contribution >= 4 is 30.5 Å². The average molecular weight is 481 g/mol. The Morgan fingerprint density at radius 2 is 1.80 bits per heavy atom. The summed E-state index contributed by atoms with van der Waals surface area (Å²) in [6.07, 6.45) is 1.02. The van der Waals surface area contributed by atoms with Gasteiger partial charge in [-0.2, -0.15) is 0 Å². The molecule has 0 bridgehead atoms. The molecule has 4 rings (SSSR count). The average Bonchev–Trinajstić information content (AvgIpc) is 3.32. The first kappa shape index (κ1) is 24.5. The van der Waals surface area contributed by atoms with Gasteiger partial charge in [-0.1, -0.05) is 30.3 Å². The van der Waals surface area contributed by atoms with Gasteiger partial charge in [-0.05, 0) is 44.8 Å². The molecule has 12 heteroatoms. The molecule has 3 heterocycles. The maximum Gasteiger partial charge on any atom is 0.492 e. The molecule has 0 saturated carbocycles. The van der Waals surface area contributed by atoms with Crippen molar-refractivity contribution in [3.63, 3.8) is 0 Å². The van der Waals surface area contributed by atoms with E-state index in [1.807, 2.05) is 58.0 Å². The number of imidazole rings is 1. The summed E-state index contributed by atoms with van der Waals surface area (Å²) in [6.45, 7) is 7.84. The number of carbonyl (C=O) groups is 1. The van der Waals surface area contributed by atoms with Crippen LogP contribution in [0.25, 0.3) is 17.2 Å². The Bertz CT molecular complexity index is 1370. The minimum absolute atomic E-state index is 0.0385. The molecular weight excluding hydrogens is 453 g/mol. The highest BCUT2D eigenvalue weighted by molar-refractivity contribution is 6.56. The van der Waals surface area contributed by atoms with E-state index < -0.39 is 35.7 Å². The standard InChI is InChI=1S/C23H28BN5O6/c1-22(2)23(3,4)35-24(34-22)15(12-25-21(32)33-13-14-9-7-6-8-10-14)11-16-26-17-18(27-16)29(5)20(31)28-19(17)30/h6-11H,12-13H2,1-5H3,(H,25,32)(H,26,27)(H,28,30,31). The smallest absolute Gasteiger partial charge is 0.445 e. The van der Waals surface area contributed by atoms with Crippen molar-refractivity contribution < 1.29 is 18.8 Å². The minimum atomic E-state index is -0.787.